The number of ether oxygens (including phenoxy) is 3. The Morgan fingerprint density at radius 2 is 1.75 bits per heavy atom. The number of aliphatic hydroxyl groups is 1. The lowest BCUT2D eigenvalue weighted by Crippen LogP contribution is -2.50. The maximum Gasteiger partial charge on any atom is 0.323 e. The van der Waals surface area contributed by atoms with Crippen molar-refractivity contribution in [2.45, 2.75) is 39.8 Å². The molecule has 2 aromatic carbocycles. The number of hydrogen-bond acceptors (Lipinski definition) is 9. The molecule has 5 amide bonds. The molecule has 0 aliphatic carbocycles. The standard InChI is InChI=1S/C30H36N6O8/c1-16-12-36(17(2)14-37)28(38)22-10-20(31-29(39)32-21-7-9-24-25(11-21)42-15-41-24)6-8-23(22)43-26(16)13-35(5)30(40)33-27-18(3)34-44-19(27)4/h6-11,16-17,26,37H,12-15H2,1-5H3,(H,33,40)(H2,31,32,39)/t16-,17+,26+/m0/s1. The molecule has 0 spiro atoms. The summed E-state index contributed by atoms with van der Waals surface area (Å²) in [6.45, 7) is 7.48. The number of urea groups is 2. The number of carbonyl (C=O) groups excluding carboxylic acids is 3. The van der Waals surface area contributed by atoms with Crippen LogP contribution in [0, 0.1) is 19.8 Å². The summed E-state index contributed by atoms with van der Waals surface area (Å²) in [6.07, 6.45) is -0.510. The predicted octanol–water partition coefficient (Wildman–Crippen LogP) is 4.05. The molecular weight excluding hydrogens is 572 g/mol. The van der Waals surface area contributed by atoms with Crippen molar-refractivity contribution in [3.05, 3.63) is 53.4 Å². The highest BCUT2D eigenvalue weighted by Gasteiger charge is 2.34. The third-order valence-electron chi connectivity index (χ3n) is 7.62. The molecule has 4 N–H and O–H groups in total. The molecule has 3 heterocycles. The summed E-state index contributed by atoms with van der Waals surface area (Å²) in [5.74, 6) is 1.35. The number of likely N-dealkylation sites (N-methyl/N-ethyl adjacent to an activating group) is 1. The summed E-state index contributed by atoms with van der Waals surface area (Å²) in [5.41, 5.74) is 2.15. The van der Waals surface area contributed by atoms with Crippen molar-refractivity contribution in [3.63, 3.8) is 0 Å². The zero-order valence-corrected chi connectivity index (χ0v) is 25.2. The van der Waals surface area contributed by atoms with Crippen LogP contribution in [0.1, 0.15) is 35.7 Å². The molecule has 5 rings (SSSR count). The Bertz CT molecular complexity index is 1540. The topological polar surface area (TPSA) is 168 Å². The fourth-order valence-electron chi connectivity index (χ4n) is 5.00. The third kappa shape index (κ3) is 6.49. The van der Waals surface area contributed by atoms with E-state index >= 15 is 0 Å². The maximum absolute atomic E-state index is 13.7. The Morgan fingerprint density at radius 3 is 2.43 bits per heavy atom. The lowest BCUT2D eigenvalue weighted by Gasteiger charge is -2.38. The number of aliphatic hydroxyl groups excluding tert-OH is 1. The van der Waals surface area contributed by atoms with Gasteiger partial charge in [-0.05, 0) is 51.1 Å². The van der Waals surface area contributed by atoms with Gasteiger partial charge in [0.15, 0.2) is 17.3 Å². The van der Waals surface area contributed by atoms with E-state index in [-0.39, 0.29) is 49.9 Å². The van der Waals surface area contributed by atoms with Gasteiger partial charge in [0.1, 0.15) is 23.2 Å². The molecule has 0 radical (unpaired) electrons. The van der Waals surface area contributed by atoms with Crippen molar-refractivity contribution in [2.75, 3.05) is 49.5 Å². The number of fused-ring (bicyclic) bond motifs is 2. The van der Waals surface area contributed by atoms with E-state index < -0.39 is 18.2 Å². The van der Waals surface area contributed by atoms with E-state index in [1.165, 1.54) is 11.0 Å². The molecule has 44 heavy (non-hydrogen) atoms. The van der Waals surface area contributed by atoms with Gasteiger partial charge in [-0.1, -0.05) is 12.1 Å². The molecule has 2 aliphatic rings. The van der Waals surface area contributed by atoms with Crippen LogP contribution in [-0.4, -0.2) is 83.7 Å². The van der Waals surface area contributed by atoms with Gasteiger partial charge >= 0.3 is 12.1 Å². The molecule has 14 heteroatoms. The van der Waals surface area contributed by atoms with E-state index in [2.05, 4.69) is 21.1 Å². The lowest BCUT2D eigenvalue weighted by atomic mass is 9.99. The summed E-state index contributed by atoms with van der Waals surface area (Å²) in [5, 5.41) is 22.1. The Hall–Kier alpha value is -4.98. The summed E-state index contributed by atoms with van der Waals surface area (Å²) in [4.78, 5) is 42.7. The number of hydrogen-bond donors (Lipinski definition) is 4. The predicted molar refractivity (Wildman–Crippen MR) is 160 cm³/mol. The molecule has 0 saturated heterocycles. The van der Waals surface area contributed by atoms with Crippen LogP contribution in [0.25, 0.3) is 0 Å². The number of amides is 5. The summed E-state index contributed by atoms with van der Waals surface area (Å²) >= 11 is 0. The van der Waals surface area contributed by atoms with Gasteiger partial charge in [-0.25, -0.2) is 9.59 Å². The lowest BCUT2D eigenvalue weighted by molar-refractivity contribution is 0.0371. The highest BCUT2D eigenvalue weighted by Crippen LogP contribution is 2.35. The number of carbonyl (C=O) groups is 3. The quantitative estimate of drug-likeness (QED) is 0.309. The molecule has 234 valence electrons. The molecule has 0 unspecified atom stereocenters. The molecule has 14 nitrogen and oxygen atoms in total. The van der Waals surface area contributed by atoms with Crippen molar-refractivity contribution in [2.24, 2.45) is 5.92 Å². The first kappa shape index (κ1) is 30.5. The number of aryl methyl sites for hydroxylation is 2. The smallest absolute Gasteiger partial charge is 0.323 e. The van der Waals surface area contributed by atoms with Crippen molar-refractivity contribution >= 4 is 35.0 Å². The maximum atomic E-state index is 13.7. The fraction of sp³-hybridized carbons (Fsp3) is 0.400. The average molecular weight is 609 g/mol. The zero-order chi connectivity index (χ0) is 31.5. The van der Waals surface area contributed by atoms with Crippen molar-refractivity contribution in [3.8, 4) is 17.2 Å². The summed E-state index contributed by atoms with van der Waals surface area (Å²) in [6, 6.07) is 8.43. The Labute approximate surface area is 254 Å². The second kappa shape index (κ2) is 12.7. The minimum absolute atomic E-state index is 0.119. The molecule has 0 bridgehead atoms. The second-order valence-electron chi connectivity index (χ2n) is 11.0. The number of nitrogens with zero attached hydrogens (tertiary/aromatic N) is 3. The number of benzene rings is 2. The summed E-state index contributed by atoms with van der Waals surface area (Å²) in [7, 11) is 1.65. The largest absolute Gasteiger partial charge is 0.487 e. The number of nitrogens with one attached hydrogen (secondary N) is 3. The molecule has 2 aliphatic heterocycles. The van der Waals surface area contributed by atoms with E-state index in [0.29, 0.717) is 45.8 Å². The van der Waals surface area contributed by atoms with Gasteiger partial charge in [-0.3, -0.25) is 4.79 Å². The SMILES string of the molecule is Cc1noc(C)c1NC(=O)N(C)C[C@H]1Oc2ccc(NC(=O)Nc3ccc4c(c3)OCO4)cc2C(=O)N([C@H](C)CO)C[C@@H]1C. The van der Waals surface area contributed by atoms with Gasteiger partial charge in [0.25, 0.3) is 5.91 Å². The average Bonchev–Trinajstić information content (AvgIpc) is 3.60. The van der Waals surface area contributed by atoms with Gasteiger partial charge in [-0.15, -0.1) is 0 Å². The molecule has 3 atom stereocenters. The second-order valence-corrected chi connectivity index (χ2v) is 11.0. The third-order valence-corrected chi connectivity index (χ3v) is 7.62. The van der Waals surface area contributed by atoms with Crippen LogP contribution in [0.5, 0.6) is 17.2 Å². The van der Waals surface area contributed by atoms with Crippen LogP contribution in [0.3, 0.4) is 0 Å². The van der Waals surface area contributed by atoms with Crippen LogP contribution < -0.4 is 30.2 Å². The van der Waals surface area contributed by atoms with Gasteiger partial charge in [0.05, 0.1) is 24.8 Å². The Kier molecular flexibility index (Phi) is 8.81. The van der Waals surface area contributed by atoms with E-state index in [1.807, 2.05) is 6.92 Å². The van der Waals surface area contributed by atoms with Crippen molar-refractivity contribution in [1.82, 2.24) is 15.0 Å². The number of aromatic nitrogens is 1. The minimum atomic E-state index is -0.527. The first-order valence-corrected chi connectivity index (χ1v) is 14.2. The molecule has 0 saturated carbocycles. The van der Waals surface area contributed by atoms with Gasteiger partial charge < -0.3 is 49.6 Å². The van der Waals surface area contributed by atoms with Gasteiger partial charge in [0.2, 0.25) is 6.79 Å². The summed E-state index contributed by atoms with van der Waals surface area (Å²) < 4.78 is 22.2. The van der Waals surface area contributed by atoms with Crippen LogP contribution in [-0.2, 0) is 0 Å². The van der Waals surface area contributed by atoms with E-state index in [0.717, 1.165) is 0 Å². The highest BCUT2D eigenvalue weighted by molar-refractivity contribution is 6.02. The van der Waals surface area contributed by atoms with E-state index in [9.17, 15) is 19.5 Å². The molecular formula is C30H36N6O8. The molecule has 1 aromatic heterocycles. The van der Waals surface area contributed by atoms with Crippen molar-refractivity contribution < 1.29 is 38.2 Å². The minimum Gasteiger partial charge on any atom is -0.487 e. The van der Waals surface area contributed by atoms with Crippen LogP contribution in [0.2, 0.25) is 0 Å². The number of anilines is 3. The molecule has 0 fully saturated rings. The zero-order valence-electron chi connectivity index (χ0n) is 25.2. The highest BCUT2D eigenvalue weighted by atomic mass is 16.7. The normalized spacial score (nSPS) is 18.0. The van der Waals surface area contributed by atoms with Crippen LogP contribution in [0.15, 0.2) is 40.9 Å². The Balaban J connectivity index is 1.34. The van der Waals surface area contributed by atoms with Crippen molar-refractivity contribution in [1.29, 1.82) is 0 Å². The number of rotatable bonds is 7. The van der Waals surface area contributed by atoms with Crippen LogP contribution >= 0.6 is 0 Å². The van der Waals surface area contributed by atoms with E-state index in [4.69, 9.17) is 18.7 Å². The van der Waals surface area contributed by atoms with Gasteiger partial charge in [0, 0.05) is 37.0 Å². The first-order chi connectivity index (χ1) is 21.0. The fourth-order valence-corrected chi connectivity index (χ4v) is 5.00. The van der Waals surface area contributed by atoms with E-state index in [1.54, 1.807) is 63.1 Å². The van der Waals surface area contributed by atoms with Gasteiger partial charge in [-0.2, -0.15) is 0 Å². The first-order valence-electron chi connectivity index (χ1n) is 14.2. The Morgan fingerprint density at radius 1 is 1.07 bits per heavy atom. The molecule has 3 aromatic rings. The van der Waals surface area contributed by atoms with Crippen LogP contribution in [0.4, 0.5) is 26.7 Å². The monoisotopic (exact) mass is 608 g/mol.